The van der Waals surface area contributed by atoms with E-state index in [4.69, 9.17) is 4.98 Å². The van der Waals surface area contributed by atoms with Crippen LogP contribution in [0.2, 0.25) is 0 Å². The molecule has 2 aromatic heterocycles. The molecule has 4 nitrogen and oxygen atoms in total. The van der Waals surface area contributed by atoms with Gasteiger partial charge in [-0.25, -0.2) is 14.3 Å². The van der Waals surface area contributed by atoms with Crippen LogP contribution in [0.5, 0.6) is 0 Å². The lowest BCUT2D eigenvalue weighted by molar-refractivity contribution is 0.923. The maximum Gasteiger partial charge on any atom is 0.340 e. The number of aromatic nitrogens is 3. The minimum Gasteiger partial charge on any atom is -0.260 e. The van der Waals surface area contributed by atoms with E-state index >= 15 is 0 Å². The Balaban J connectivity index is 1.29. The van der Waals surface area contributed by atoms with E-state index in [1.165, 1.54) is 44.0 Å². The highest BCUT2D eigenvalue weighted by atomic mass is 32.1. The number of imidazole rings is 1. The van der Waals surface area contributed by atoms with E-state index in [0.717, 1.165) is 38.8 Å². The van der Waals surface area contributed by atoms with Gasteiger partial charge in [-0.1, -0.05) is 115 Å². The first kappa shape index (κ1) is 25.7. The molecule has 45 heavy (non-hydrogen) atoms. The number of para-hydroxylation sites is 3. The van der Waals surface area contributed by atoms with Crippen molar-refractivity contribution in [1.29, 1.82) is 0 Å². The summed E-state index contributed by atoms with van der Waals surface area (Å²) in [6.07, 6.45) is 0. The maximum absolute atomic E-state index is 14.0. The Hall–Kier alpha value is -5.78. The largest absolute Gasteiger partial charge is 0.340 e. The van der Waals surface area contributed by atoms with Crippen LogP contribution in [0.25, 0.3) is 76.6 Å². The second-order valence-corrected chi connectivity index (χ2v) is 12.0. The fourth-order valence-electron chi connectivity index (χ4n) is 6.70. The molecule has 0 atom stereocenters. The first-order valence-electron chi connectivity index (χ1n) is 14.9. The Morgan fingerprint density at radius 3 is 1.76 bits per heavy atom. The Bertz CT molecular complexity index is 2570. The van der Waals surface area contributed by atoms with Crippen LogP contribution in [-0.2, 0) is 0 Å². The third-order valence-corrected chi connectivity index (χ3v) is 9.50. The van der Waals surface area contributed by atoms with Crippen LogP contribution < -0.4 is 5.69 Å². The molecule has 0 saturated carbocycles. The number of rotatable bonds is 4. The summed E-state index contributed by atoms with van der Waals surface area (Å²) in [4.78, 5) is 19.2. The zero-order valence-corrected chi connectivity index (χ0v) is 24.9. The van der Waals surface area contributed by atoms with Crippen LogP contribution >= 0.6 is 11.3 Å². The van der Waals surface area contributed by atoms with Crippen molar-refractivity contribution in [2.24, 2.45) is 0 Å². The molecule has 0 radical (unpaired) electrons. The smallest absolute Gasteiger partial charge is 0.260 e. The normalized spacial score (nSPS) is 11.6. The van der Waals surface area contributed by atoms with E-state index in [9.17, 15) is 4.79 Å². The number of hydrogen-bond acceptors (Lipinski definition) is 3. The number of hydrogen-bond donors (Lipinski definition) is 0. The summed E-state index contributed by atoms with van der Waals surface area (Å²) in [5.74, 6) is 0. The monoisotopic (exact) mass is 595 g/mol. The molecule has 9 rings (SSSR count). The van der Waals surface area contributed by atoms with Gasteiger partial charge >= 0.3 is 5.69 Å². The minimum atomic E-state index is -0.135. The predicted octanol–water partition coefficient (Wildman–Crippen LogP) is 10.0. The Labute approximate surface area is 262 Å². The molecular formula is C40H25N3OS. The lowest BCUT2D eigenvalue weighted by atomic mass is 9.87. The van der Waals surface area contributed by atoms with Crippen molar-refractivity contribution in [2.45, 2.75) is 0 Å². The highest BCUT2D eigenvalue weighted by Crippen LogP contribution is 2.44. The molecule has 0 fully saturated rings. The van der Waals surface area contributed by atoms with Crippen LogP contribution in [0.3, 0.4) is 0 Å². The molecule has 212 valence electrons. The molecule has 0 aliphatic heterocycles. The summed E-state index contributed by atoms with van der Waals surface area (Å²) in [7, 11) is 0. The third kappa shape index (κ3) is 3.98. The molecule has 0 bridgehead atoms. The van der Waals surface area contributed by atoms with Gasteiger partial charge in [0.1, 0.15) is 0 Å². The quantitative estimate of drug-likeness (QED) is 0.190. The summed E-state index contributed by atoms with van der Waals surface area (Å²) in [5.41, 5.74) is 6.71. The predicted molar refractivity (Wildman–Crippen MR) is 188 cm³/mol. The van der Waals surface area contributed by atoms with Crippen molar-refractivity contribution in [2.75, 3.05) is 0 Å². The van der Waals surface area contributed by atoms with Gasteiger partial charge in [0.15, 0.2) is 5.13 Å². The van der Waals surface area contributed by atoms with Crippen LogP contribution in [0.4, 0.5) is 0 Å². The molecule has 0 amide bonds. The topological polar surface area (TPSA) is 39.8 Å². The molecule has 5 heteroatoms. The van der Waals surface area contributed by atoms with Gasteiger partial charge in [0.25, 0.3) is 0 Å². The molecule has 2 heterocycles. The van der Waals surface area contributed by atoms with Crippen LogP contribution in [0.15, 0.2) is 156 Å². The van der Waals surface area contributed by atoms with Gasteiger partial charge in [-0.05, 0) is 73.8 Å². The Kier molecular flexibility index (Phi) is 5.80. The lowest BCUT2D eigenvalue weighted by Crippen LogP contribution is -2.21. The maximum atomic E-state index is 14.0. The van der Waals surface area contributed by atoms with Crippen LogP contribution in [0.1, 0.15) is 0 Å². The van der Waals surface area contributed by atoms with Gasteiger partial charge in [0, 0.05) is 10.9 Å². The molecule has 9 aromatic rings. The summed E-state index contributed by atoms with van der Waals surface area (Å²) in [6, 6.07) is 50.1. The fourth-order valence-corrected chi connectivity index (χ4v) is 7.52. The molecule has 0 N–H and O–H groups in total. The summed E-state index contributed by atoms with van der Waals surface area (Å²) >= 11 is 1.49. The zero-order valence-electron chi connectivity index (χ0n) is 24.1. The standard InChI is InChI=1S/C40H25N3OS/c44-40-42(29-14-2-1-3-15-29)35-20-10-11-21-36(35)43(40)39-41-34(25-45-39)38-32-18-8-6-16-30(32)37(31-17-7-9-19-33(31)38)28-23-22-26-12-4-5-13-27(26)24-28/h1-25H. The fraction of sp³-hybridized carbons (Fsp3) is 0. The van der Waals surface area contributed by atoms with E-state index in [1.807, 2.05) is 54.6 Å². The van der Waals surface area contributed by atoms with Gasteiger partial charge < -0.3 is 0 Å². The van der Waals surface area contributed by atoms with E-state index < -0.39 is 0 Å². The van der Waals surface area contributed by atoms with Gasteiger partial charge in [-0.3, -0.25) is 4.57 Å². The van der Waals surface area contributed by atoms with E-state index in [-0.39, 0.29) is 5.69 Å². The summed E-state index contributed by atoms with van der Waals surface area (Å²) in [6.45, 7) is 0. The summed E-state index contributed by atoms with van der Waals surface area (Å²) in [5, 5.41) is 9.79. The third-order valence-electron chi connectivity index (χ3n) is 8.67. The first-order valence-corrected chi connectivity index (χ1v) is 15.8. The second kappa shape index (κ2) is 10.2. The molecule has 0 saturated heterocycles. The van der Waals surface area contributed by atoms with Gasteiger partial charge in [-0.15, -0.1) is 11.3 Å². The number of thiazole rings is 1. The summed E-state index contributed by atoms with van der Waals surface area (Å²) < 4.78 is 3.50. The Morgan fingerprint density at radius 2 is 1.07 bits per heavy atom. The van der Waals surface area contributed by atoms with Gasteiger partial charge in [0.2, 0.25) is 0 Å². The highest BCUT2D eigenvalue weighted by Gasteiger charge is 2.21. The molecule has 0 aliphatic rings. The first-order chi connectivity index (χ1) is 22.3. The van der Waals surface area contributed by atoms with Crippen molar-refractivity contribution in [3.8, 4) is 33.2 Å². The van der Waals surface area contributed by atoms with Crippen molar-refractivity contribution in [3.63, 3.8) is 0 Å². The molecule has 0 spiro atoms. The molecule has 0 aliphatic carbocycles. The van der Waals surface area contributed by atoms with Crippen molar-refractivity contribution >= 4 is 54.7 Å². The number of benzene rings is 7. The minimum absolute atomic E-state index is 0.135. The lowest BCUT2D eigenvalue weighted by Gasteiger charge is -2.16. The van der Waals surface area contributed by atoms with E-state index in [1.54, 1.807) is 9.13 Å². The average molecular weight is 596 g/mol. The second-order valence-electron chi connectivity index (χ2n) is 11.2. The van der Waals surface area contributed by atoms with E-state index in [2.05, 4.69) is 96.4 Å². The van der Waals surface area contributed by atoms with Crippen molar-refractivity contribution in [1.82, 2.24) is 14.1 Å². The average Bonchev–Trinajstić information content (AvgIpc) is 3.68. The van der Waals surface area contributed by atoms with E-state index in [0.29, 0.717) is 5.13 Å². The molecule has 7 aromatic carbocycles. The Morgan fingerprint density at radius 1 is 0.511 bits per heavy atom. The van der Waals surface area contributed by atoms with Gasteiger partial charge in [0.05, 0.1) is 22.4 Å². The van der Waals surface area contributed by atoms with Crippen molar-refractivity contribution < 1.29 is 0 Å². The van der Waals surface area contributed by atoms with Crippen LogP contribution in [0, 0.1) is 0 Å². The molecular weight excluding hydrogens is 571 g/mol. The number of nitrogens with zero attached hydrogens (tertiary/aromatic N) is 3. The SMILES string of the molecule is O=c1n(-c2ccccc2)c2ccccc2n1-c1nc(-c2c3ccccc3c(-c3ccc4ccccc4c3)c3ccccc23)cs1. The zero-order chi connectivity index (χ0) is 29.9. The molecule has 0 unspecified atom stereocenters. The number of fused-ring (bicyclic) bond motifs is 4. The van der Waals surface area contributed by atoms with Crippen molar-refractivity contribution in [3.05, 3.63) is 161 Å². The van der Waals surface area contributed by atoms with Gasteiger partial charge in [-0.2, -0.15) is 0 Å². The van der Waals surface area contributed by atoms with Crippen LogP contribution in [-0.4, -0.2) is 14.1 Å². The highest BCUT2D eigenvalue weighted by molar-refractivity contribution is 7.12.